The van der Waals surface area contributed by atoms with E-state index in [-0.39, 0.29) is 5.60 Å². The summed E-state index contributed by atoms with van der Waals surface area (Å²) in [5.41, 5.74) is 1.81. The van der Waals surface area contributed by atoms with Crippen LogP contribution in [0, 0.1) is 11.8 Å². The Morgan fingerprint density at radius 1 is 1.50 bits per heavy atom. The van der Waals surface area contributed by atoms with Crippen LogP contribution in [0.3, 0.4) is 0 Å². The summed E-state index contributed by atoms with van der Waals surface area (Å²) in [5.74, 6) is 6.27. The Bertz CT molecular complexity index is 405. The molecule has 0 saturated carbocycles. The average molecular weight is 215 g/mol. The molecule has 1 fully saturated rings. The SMILES string of the molecule is CCc1ccc(C#CC2(C)CCCO2)nc1. The minimum Gasteiger partial charge on any atom is -0.363 e. The first kappa shape index (κ1) is 11.2. The molecular weight excluding hydrogens is 198 g/mol. The van der Waals surface area contributed by atoms with Crippen LogP contribution in [0.5, 0.6) is 0 Å². The summed E-state index contributed by atoms with van der Waals surface area (Å²) in [6.07, 6.45) is 5.03. The van der Waals surface area contributed by atoms with Gasteiger partial charge in [-0.3, -0.25) is 0 Å². The number of nitrogens with zero attached hydrogens (tertiary/aromatic N) is 1. The van der Waals surface area contributed by atoms with Gasteiger partial charge >= 0.3 is 0 Å². The largest absolute Gasteiger partial charge is 0.363 e. The molecule has 16 heavy (non-hydrogen) atoms. The van der Waals surface area contributed by atoms with Gasteiger partial charge in [-0.05, 0) is 43.7 Å². The molecule has 0 N–H and O–H groups in total. The second-order valence-corrected chi connectivity index (χ2v) is 4.34. The molecule has 1 aliphatic rings. The summed E-state index contributed by atoms with van der Waals surface area (Å²) < 4.78 is 5.61. The van der Waals surface area contributed by atoms with Crippen LogP contribution in [0.2, 0.25) is 0 Å². The average Bonchev–Trinajstić information content (AvgIpc) is 2.75. The molecule has 1 unspecified atom stereocenters. The molecule has 0 bridgehead atoms. The second kappa shape index (κ2) is 4.67. The van der Waals surface area contributed by atoms with Crippen LogP contribution in [0.15, 0.2) is 18.3 Å². The summed E-state index contributed by atoms with van der Waals surface area (Å²) in [6.45, 7) is 5.00. The van der Waals surface area contributed by atoms with Gasteiger partial charge in [-0.15, -0.1) is 0 Å². The minimum atomic E-state index is -0.259. The van der Waals surface area contributed by atoms with Gasteiger partial charge in [0, 0.05) is 12.8 Å². The molecule has 2 heteroatoms. The van der Waals surface area contributed by atoms with E-state index in [1.807, 2.05) is 19.2 Å². The molecule has 1 aromatic rings. The molecule has 0 aromatic carbocycles. The van der Waals surface area contributed by atoms with Crippen molar-refractivity contribution in [1.82, 2.24) is 4.98 Å². The van der Waals surface area contributed by atoms with E-state index in [2.05, 4.69) is 29.8 Å². The zero-order chi connectivity index (χ0) is 11.4. The molecule has 1 atom stereocenters. The second-order valence-electron chi connectivity index (χ2n) is 4.34. The predicted octanol–water partition coefficient (Wildman–Crippen LogP) is 2.56. The molecule has 2 nitrogen and oxygen atoms in total. The molecule has 0 spiro atoms. The monoisotopic (exact) mass is 215 g/mol. The molecule has 0 amide bonds. The quantitative estimate of drug-likeness (QED) is 0.672. The highest BCUT2D eigenvalue weighted by atomic mass is 16.5. The molecule has 1 aromatic heterocycles. The van der Waals surface area contributed by atoms with Crippen molar-refractivity contribution in [2.75, 3.05) is 6.61 Å². The third-order valence-corrected chi connectivity index (χ3v) is 2.91. The molecule has 0 aliphatic carbocycles. The van der Waals surface area contributed by atoms with Crippen molar-refractivity contribution < 1.29 is 4.74 Å². The summed E-state index contributed by atoms with van der Waals surface area (Å²) in [5, 5.41) is 0. The zero-order valence-electron chi connectivity index (χ0n) is 9.92. The molecule has 2 heterocycles. The summed E-state index contributed by atoms with van der Waals surface area (Å²) in [4.78, 5) is 4.31. The lowest BCUT2D eigenvalue weighted by Crippen LogP contribution is -2.19. The van der Waals surface area contributed by atoms with Crippen molar-refractivity contribution in [2.24, 2.45) is 0 Å². The van der Waals surface area contributed by atoms with E-state index in [1.165, 1.54) is 5.56 Å². The highest BCUT2D eigenvalue weighted by Gasteiger charge is 2.27. The van der Waals surface area contributed by atoms with Crippen LogP contribution in [0.1, 0.15) is 37.9 Å². The van der Waals surface area contributed by atoms with Crippen molar-refractivity contribution in [3.8, 4) is 11.8 Å². The van der Waals surface area contributed by atoms with Gasteiger partial charge in [0.25, 0.3) is 0 Å². The van der Waals surface area contributed by atoms with Crippen LogP contribution < -0.4 is 0 Å². The minimum absolute atomic E-state index is 0.259. The molecule has 1 aliphatic heterocycles. The van der Waals surface area contributed by atoms with Gasteiger partial charge in [0.1, 0.15) is 11.3 Å². The highest BCUT2D eigenvalue weighted by Crippen LogP contribution is 2.23. The first-order valence-corrected chi connectivity index (χ1v) is 5.84. The molecule has 0 radical (unpaired) electrons. The van der Waals surface area contributed by atoms with Crippen molar-refractivity contribution in [2.45, 2.75) is 38.7 Å². The lowest BCUT2D eigenvalue weighted by molar-refractivity contribution is 0.0695. The predicted molar refractivity (Wildman–Crippen MR) is 64.1 cm³/mol. The number of ether oxygens (including phenoxy) is 1. The number of aromatic nitrogens is 1. The number of aryl methyl sites for hydroxylation is 1. The van der Waals surface area contributed by atoms with Crippen LogP contribution in [-0.2, 0) is 11.2 Å². The van der Waals surface area contributed by atoms with Crippen molar-refractivity contribution in [3.63, 3.8) is 0 Å². The maximum absolute atomic E-state index is 5.61. The van der Waals surface area contributed by atoms with E-state index in [0.717, 1.165) is 31.6 Å². The van der Waals surface area contributed by atoms with Gasteiger partial charge in [0.15, 0.2) is 0 Å². The van der Waals surface area contributed by atoms with Gasteiger partial charge in [-0.25, -0.2) is 4.98 Å². The van der Waals surface area contributed by atoms with Gasteiger partial charge in [-0.1, -0.05) is 18.9 Å². The molecule has 84 valence electrons. The maximum Gasteiger partial charge on any atom is 0.126 e. The van der Waals surface area contributed by atoms with E-state index in [0.29, 0.717) is 0 Å². The van der Waals surface area contributed by atoms with E-state index < -0.39 is 0 Å². The van der Waals surface area contributed by atoms with Crippen molar-refractivity contribution in [1.29, 1.82) is 0 Å². The van der Waals surface area contributed by atoms with Crippen LogP contribution >= 0.6 is 0 Å². The van der Waals surface area contributed by atoms with Gasteiger partial charge < -0.3 is 4.74 Å². The van der Waals surface area contributed by atoms with Crippen LogP contribution in [0.4, 0.5) is 0 Å². The number of rotatable bonds is 1. The fourth-order valence-electron chi connectivity index (χ4n) is 1.78. The van der Waals surface area contributed by atoms with Crippen molar-refractivity contribution in [3.05, 3.63) is 29.6 Å². The lowest BCUT2D eigenvalue weighted by atomic mass is 10.0. The van der Waals surface area contributed by atoms with E-state index in [4.69, 9.17) is 4.74 Å². The first-order valence-electron chi connectivity index (χ1n) is 5.84. The lowest BCUT2D eigenvalue weighted by Gasteiger charge is -2.14. The van der Waals surface area contributed by atoms with Crippen LogP contribution in [-0.4, -0.2) is 17.2 Å². The van der Waals surface area contributed by atoms with Gasteiger partial charge in [-0.2, -0.15) is 0 Å². The Morgan fingerprint density at radius 3 is 2.94 bits per heavy atom. The Hall–Kier alpha value is -1.33. The fraction of sp³-hybridized carbons (Fsp3) is 0.500. The first-order chi connectivity index (χ1) is 7.72. The topological polar surface area (TPSA) is 22.1 Å². The van der Waals surface area contributed by atoms with Gasteiger partial charge in [0.05, 0.1) is 0 Å². The summed E-state index contributed by atoms with van der Waals surface area (Å²) >= 11 is 0. The maximum atomic E-state index is 5.61. The van der Waals surface area contributed by atoms with E-state index in [1.54, 1.807) is 0 Å². The third kappa shape index (κ3) is 2.62. The Morgan fingerprint density at radius 2 is 2.38 bits per heavy atom. The molecule has 1 saturated heterocycles. The summed E-state index contributed by atoms with van der Waals surface area (Å²) in [6, 6.07) is 4.05. The Labute approximate surface area is 97.0 Å². The fourth-order valence-corrected chi connectivity index (χ4v) is 1.78. The van der Waals surface area contributed by atoms with Crippen molar-refractivity contribution >= 4 is 0 Å². The Balaban J connectivity index is 2.11. The number of pyridine rings is 1. The van der Waals surface area contributed by atoms with Crippen LogP contribution in [0.25, 0.3) is 0 Å². The number of hydrogen-bond donors (Lipinski definition) is 0. The standard InChI is InChI=1S/C14H17NO/c1-3-12-5-6-13(15-11-12)7-9-14(2)8-4-10-16-14/h5-6,11H,3-4,8,10H2,1-2H3. The third-order valence-electron chi connectivity index (χ3n) is 2.91. The molecular formula is C14H17NO. The number of hydrogen-bond acceptors (Lipinski definition) is 2. The molecule has 2 rings (SSSR count). The van der Waals surface area contributed by atoms with Gasteiger partial charge in [0.2, 0.25) is 0 Å². The van der Waals surface area contributed by atoms with E-state index >= 15 is 0 Å². The summed E-state index contributed by atoms with van der Waals surface area (Å²) in [7, 11) is 0. The zero-order valence-corrected chi connectivity index (χ0v) is 9.92. The smallest absolute Gasteiger partial charge is 0.126 e. The normalized spacial score (nSPS) is 23.9. The van der Waals surface area contributed by atoms with E-state index in [9.17, 15) is 0 Å². The highest BCUT2D eigenvalue weighted by molar-refractivity contribution is 5.32. The Kier molecular flexibility index (Phi) is 3.26.